The molecule has 26 heavy (non-hydrogen) atoms. The second kappa shape index (κ2) is 6.99. The molecule has 1 spiro atoms. The molecule has 0 aromatic heterocycles. The first-order valence-corrected chi connectivity index (χ1v) is 9.31. The number of rotatable bonds is 6. The quantitative estimate of drug-likeness (QED) is 0.537. The number of hydrogen-bond acceptors (Lipinski definition) is 6. The largest absolute Gasteiger partial charge is 0.459 e. The van der Waals surface area contributed by atoms with Crippen molar-refractivity contribution in [1.82, 2.24) is 0 Å². The minimum absolute atomic E-state index is 0.130. The molecule has 0 unspecified atom stereocenters. The normalized spacial score (nSPS) is 31.1. The molecule has 6 nitrogen and oxygen atoms in total. The lowest BCUT2D eigenvalue weighted by molar-refractivity contribution is -0.164. The van der Waals surface area contributed by atoms with E-state index in [4.69, 9.17) is 14.2 Å². The van der Waals surface area contributed by atoms with Gasteiger partial charge in [0.2, 0.25) is 0 Å². The van der Waals surface area contributed by atoms with Gasteiger partial charge < -0.3 is 14.2 Å². The summed E-state index contributed by atoms with van der Waals surface area (Å²) in [5.41, 5.74) is 2.51. The lowest BCUT2D eigenvalue weighted by atomic mass is 9.90. The summed E-state index contributed by atoms with van der Waals surface area (Å²) >= 11 is 0. The Labute approximate surface area is 154 Å². The van der Waals surface area contributed by atoms with Gasteiger partial charge in [0.1, 0.15) is 12.2 Å². The Morgan fingerprint density at radius 2 is 2.15 bits per heavy atom. The summed E-state index contributed by atoms with van der Waals surface area (Å²) in [4.78, 5) is 28.3. The molecule has 0 saturated carbocycles. The molecule has 3 rings (SSSR count). The van der Waals surface area contributed by atoms with Crippen LogP contribution in [0.4, 0.5) is 0 Å². The van der Waals surface area contributed by atoms with Gasteiger partial charge in [0.15, 0.2) is 11.7 Å². The highest BCUT2D eigenvalue weighted by atomic mass is 16.6. The summed E-state index contributed by atoms with van der Waals surface area (Å²) in [6, 6.07) is 0. The zero-order valence-corrected chi connectivity index (χ0v) is 16.1. The van der Waals surface area contributed by atoms with Crippen LogP contribution in [-0.2, 0) is 23.8 Å². The smallest absolute Gasteiger partial charge is 0.309 e. The molecule has 2 aliphatic heterocycles. The average molecular weight is 361 g/mol. The lowest BCUT2D eigenvalue weighted by Crippen LogP contribution is -2.35. The number of epoxide rings is 1. The maximum Gasteiger partial charge on any atom is 0.309 e. The van der Waals surface area contributed by atoms with Crippen molar-refractivity contribution >= 4 is 17.7 Å². The summed E-state index contributed by atoms with van der Waals surface area (Å²) in [7, 11) is 0. The molecular formula is C20H27NO5. The lowest BCUT2D eigenvalue weighted by Gasteiger charge is -2.24. The van der Waals surface area contributed by atoms with Gasteiger partial charge in [0, 0.05) is 13.5 Å². The van der Waals surface area contributed by atoms with Crippen LogP contribution in [0.3, 0.4) is 0 Å². The number of carbonyl (C=O) groups excluding carboxylic acids is 2. The Bertz CT molecular complexity index is 707. The van der Waals surface area contributed by atoms with Crippen LogP contribution >= 0.6 is 0 Å². The molecule has 0 aromatic carbocycles. The molecule has 0 N–H and O–H groups in total. The zero-order valence-electron chi connectivity index (χ0n) is 16.1. The highest BCUT2D eigenvalue weighted by Gasteiger charge is 2.65. The van der Waals surface area contributed by atoms with Gasteiger partial charge in [0.05, 0.1) is 11.6 Å². The third-order valence-electron chi connectivity index (χ3n) is 5.34. The van der Waals surface area contributed by atoms with Crippen molar-refractivity contribution in [2.75, 3.05) is 6.54 Å². The van der Waals surface area contributed by atoms with Crippen molar-refractivity contribution in [3.8, 4) is 0 Å². The minimum atomic E-state index is -0.667. The molecule has 0 radical (unpaired) electrons. The van der Waals surface area contributed by atoms with Crippen molar-refractivity contribution < 1.29 is 23.8 Å². The first-order valence-electron chi connectivity index (χ1n) is 9.31. The summed E-state index contributed by atoms with van der Waals surface area (Å²) < 4.78 is 17.0. The first-order chi connectivity index (χ1) is 12.3. The predicted molar refractivity (Wildman–Crippen MR) is 96.9 cm³/mol. The van der Waals surface area contributed by atoms with Gasteiger partial charge >= 0.3 is 11.9 Å². The van der Waals surface area contributed by atoms with E-state index in [1.54, 1.807) is 6.92 Å². The number of esters is 2. The predicted octanol–water partition coefficient (Wildman–Crippen LogP) is 2.76. The summed E-state index contributed by atoms with van der Waals surface area (Å²) in [6.07, 6.45) is 4.36. The van der Waals surface area contributed by atoms with Crippen LogP contribution in [0.1, 0.15) is 47.5 Å². The van der Waals surface area contributed by atoms with Gasteiger partial charge in [0.25, 0.3) is 0 Å². The zero-order chi connectivity index (χ0) is 19.1. The van der Waals surface area contributed by atoms with Gasteiger partial charge in [-0.2, -0.15) is 0 Å². The standard InChI is InChI=1S/C20H27NO5/c1-6-11(2)19(23)25-16(13(4)24-14(5)22)10-15-9-12(3)18-20(15)17(26-20)7-8-21-18/h9-11,13,16-17H,6-8H2,1-5H3/b15-10-/t11-,13+,16-,17+,20+/m0/s1. The fraction of sp³-hybridized carbons (Fsp3) is 0.650. The van der Waals surface area contributed by atoms with E-state index < -0.39 is 23.8 Å². The van der Waals surface area contributed by atoms with Crippen LogP contribution in [0, 0.1) is 5.92 Å². The molecular weight excluding hydrogens is 334 g/mol. The molecule has 1 aliphatic carbocycles. The van der Waals surface area contributed by atoms with Crippen LogP contribution in [0.5, 0.6) is 0 Å². The van der Waals surface area contributed by atoms with Crippen molar-refractivity contribution in [2.24, 2.45) is 10.9 Å². The van der Waals surface area contributed by atoms with E-state index in [1.807, 2.05) is 32.9 Å². The highest BCUT2D eigenvalue weighted by Crippen LogP contribution is 2.54. The fourth-order valence-corrected chi connectivity index (χ4v) is 3.65. The van der Waals surface area contributed by atoms with Gasteiger partial charge in [-0.15, -0.1) is 0 Å². The molecule has 5 atom stereocenters. The van der Waals surface area contributed by atoms with Gasteiger partial charge in [-0.1, -0.05) is 19.9 Å². The number of aliphatic imine (C=N–C) groups is 1. The van der Waals surface area contributed by atoms with Crippen LogP contribution < -0.4 is 0 Å². The monoisotopic (exact) mass is 361 g/mol. The van der Waals surface area contributed by atoms with Crippen LogP contribution in [0.25, 0.3) is 0 Å². The minimum Gasteiger partial charge on any atom is -0.459 e. The Morgan fingerprint density at radius 3 is 2.81 bits per heavy atom. The molecule has 1 fully saturated rings. The number of ether oxygens (including phenoxy) is 3. The summed E-state index contributed by atoms with van der Waals surface area (Å²) in [5, 5.41) is 0. The topological polar surface area (TPSA) is 77.5 Å². The third kappa shape index (κ3) is 3.22. The summed E-state index contributed by atoms with van der Waals surface area (Å²) in [5.74, 6) is -0.913. The van der Waals surface area contributed by atoms with Gasteiger partial charge in [-0.3, -0.25) is 14.6 Å². The second-order valence-corrected chi connectivity index (χ2v) is 7.34. The molecule has 0 aromatic rings. The molecule has 3 aliphatic rings. The Hall–Kier alpha value is -1.95. The van der Waals surface area contributed by atoms with E-state index in [1.165, 1.54) is 6.92 Å². The van der Waals surface area contributed by atoms with E-state index in [2.05, 4.69) is 4.99 Å². The Morgan fingerprint density at radius 1 is 1.42 bits per heavy atom. The number of carbonyl (C=O) groups is 2. The molecule has 6 heteroatoms. The Balaban J connectivity index is 1.88. The van der Waals surface area contributed by atoms with Crippen molar-refractivity contribution in [3.63, 3.8) is 0 Å². The van der Waals surface area contributed by atoms with E-state index in [0.29, 0.717) is 6.42 Å². The number of hydrogen-bond donors (Lipinski definition) is 0. The van der Waals surface area contributed by atoms with Crippen molar-refractivity contribution in [1.29, 1.82) is 0 Å². The fourth-order valence-electron chi connectivity index (χ4n) is 3.65. The molecule has 0 amide bonds. The maximum atomic E-state index is 12.3. The van der Waals surface area contributed by atoms with Crippen LogP contribution in [0.15, 0.2) is 28.3 Å². The summed E-state index contributed by atoms with van der Waals surface area (Å²) in [6.45, 7) is 9.63. The van der Waals surface area contributed by atoms with Crippen LogP contribution in [0.2, 0.25) is 0 Å². The first kappa shape index (κ1) is 18.8. The van der Waals surface area contributed by atoms with E-state index >= 15 is 0 Å². The van der Waals surface area contributed by atoms with E-state index in [-0.39, 0.29) is 18.0 Å². The maximum absolute atomic E-state index is 12.3. The van der Waals surface area contributed by atoms with Crippen molar-refractivity contribution in [3.05, 3.63) is 23.3 Å². The number of nitrogens with zero attached hydrogens (tertiary/aromatic N) is 1. The molecule has 0 bridgehead atoms. The van der Waals surface area contributed by atoms with Gasteiger partial charge in [-0.25, -0.2) is 0 Å². The van der Waals surface area contributed by atoms with E-state index in [9.17, 15) is 9.59 Å². The van der Waals surface area contributed by atoms with Crippen molar-refractivity contribution in [2.45, 2.75) is 71.4 Å². The SMILES string of the molecule is CC[C@H](C)C(=O)O[C@@H](/C=C1/C=C(C)C2=NCC[C@H]3O[C@]213)[C@@H](C)OC(C)=O. The molecule has 2 heterocycles. The highest BCUT2D eigenvalue weighted by molar-refractivity contribution is 6.15. The second-order valence-electron chi connectivity index (χ2n) is 7.34. The average Bonchev–Trinajstić information content (AvgIpc) is 3.28. The molecule has 142 valence electrons. The van der Waals surface area contributed by atoms with E-state index in [0.717, 1.165) is 29.8 Å². The molecule has 1 saturated heterocycles. The third-order valence-corrected chi connectivity index (χ3v) is 5.34. The van der Waals surface area contributed by atoms with Gasteiger partial charge in [-0.05, 0) is 43.9 Å². The van der Waals surface area contributed by atoms with Crippen LogP contribution in [-0.4, -0.2) is 48.1 Å². The Kier molecular flexibility index (Phi) is 5.06.